The molecule has 0 saturated carbocycles. The van der Waals surface area contributed by atoms with Gasteiger partial charge in [-0.05, 0) is 18.2 Å². The summed E-state index contributed by atoms with van der Waals surface area (Å²) >= 11 is 6.09. The van der Waals surface area contributed by atoms with E-state index >= 15 is 0 Å². The van der Waals surface area contributed by atoms with Crippen LogP contribution in [0.1, 0.15) is 5.82 Å². The standard InChI is InChI=1S/C16H22ClN7.HI/c1-18-16(19-11-15-20-12-21-22(15)2)24-8-6-23(7-9-24)14-5-3-4-13(17)10-14;/h3-5,10,12H,6-9,11H2,1-2H3,(H,18,19);1H. The summed E-state index contributed by atoms with van der Waals surface area (Å²) in [5.74, 6) is 1.78. The van der Waals surface area contributed by atoms with Gasteiger partial charge >= 0.3 is 0 Å². The summed E-state index contributed by atoms with van der Waals surface area (Å²) in [6, 6.07) is 8.01. The number of benzene rings is 1. The minimum Gasteiger partial charge on any atom is -0.368 e. The highest BCUT2D eigenvalue weighted by Gasteiger charge is 2.20. The molecular weight excluding hydrogens is 453 g/mol. The minimum atomic E-state index is 0. The highest BCUT2D eigenvalue weighted by Crippen LogP contribution is 2.20. The van der Waals surface area contributed by atoms with Crippen LogP contribution in [0, 0.1) is 0 Å². The predicted molar refractivity (Wildman–Crippen MR) is 112 cm³/mol. The summed E-state index contributed by atoms with van der Waals surface area (Å²) in [6.07, 6.45) is 1.56. The number of nitrogens with zero attached hydrogens (tertiary/aromatic N) is 6. The Morgan fingerprint density at radius 3 is 2.64 bits per heavy atom. The highest BCUT2D eigenvalue weighted by atomic mass is 127. The van der Waals surface area contributed by atoms with Crippen molar-refractivity contribution >= 4 is 47.2 Å². The Kier molecular flexibility index (Phi) is 7.30. The third kappa shape index (κ3) is 4.97. The van der Waals surface area contributed by atoms with Gasteiger partial charge in [-0.15, -0.1) is 24.0 Å². The number of anilines is 1. The molecule has 7 nitrogen and oxygen atoms in total. The third-order valence-electron chi connectivity index (χ3n) is 4.17. The van der Waals surface area contributed by atoms with Gasteiger partial charge in [-0.1, -0.05) is 17.7 Å². The molecule has 0 unspecified atom stereocenters. The van der Waals surface area contributed by atoms with Crippen LogP contribution in [0.3, 0.4) is 0 Å². The van der Waals surface area contributed by atoms with Gasteiger partial charge in [-0.3, -0.25) is 9.67 Å². The Morgan fingerprint density at radius 1 is 1.28 bits per heavy atom. The Balaban J connectivity index is 0.00000225. The molecule has 25 heavy (non-hydrogen) atoms. The van der Waals surface area contributed by atoms with Crippen molar-refractivity contribution in [2.24, 2.45) is 12.0 Å². The second kappa shape index (κ2) is 9.23. The zero-order valence-electron chi connectivity index (χ0n) is 14.4. The van der Waals surface area contributed by atoms with Crippen molar-refractivity contribution in [1.29, 1.82) is 0 Å². The van der Waals surface area contributed by atoms with E-state index < -0.39 is 0 Å². The molecule has 1 aliphatic rings. The van der Waals surface area contributed by atoms with E-state index in [1.807, 2.05) is 32.3 Å². The second-order valence-corrected chi connectivity index (χ2v) is 6.09. The lowest BCUT2D eigenvalue weighted by atomic mass is 10.2. The molecule has 2 aromatic rings. The summed E-state index contributed by atoms with van der Waals surface area (Å²) < 4.78 is 1.76. The van der Waals surface area contributed by atoms with Crippen molar-refractivity contribution in [3.05, 3.63) is 41.4 Å². The fraction of sp³-hybridized carbons (Fsp3) is 0.438. The molecule has 1 aliphatic heterocycles. The zero-order chi connectivity index (χ0) is 16.9. The van der Waals surface area contributed by atoms with Crippen LogP contribution in [0.4, 0.5) is 5.69 Å². The molecule has 9 heteroatoms. The molecule has 1 fully saturated rings. The molecule has 1 saturated heterocycles. The van der Waals surface area contributed by atoms with Gasteiger partial charge in [0.15, 0.2) is 5.96 Å². The summed E-state index contributed by atoms with van der Waals surface area (Å²) in [4.78, 5) is 13.2. The number of hydrogen-bond donors (Lipinski definition) is 1. The Morgan fingerprint density at radius 2 is 2.04 bits per heavy atom. The number of piperazine rings is 1. The molecule has 0 atom stereocenters. The molecule has 1 aromatic carbocycles. The van der Waals surface area contributed by atoms with E-state index in [0.29, 0.717) is 6.54 Å². The van der Waals surface area contributed by atoms with E-state index in [2.05, 4.69) is 36.3 Å². The average molecular weight is 476 g/mol. The van der Waals surface area contributed by atoms with E-state index in [1.54, 1.807) is 11.0 Å². The quantitative estimate of drug-likeness (QED) is 0.418. The van der Waals surface area contributed by atoms with Gasteiger partial charge in [0.2, 0.25) is 0 Å². The Labute approximate surface area is 170 Å². The molecule has 0 aliphatic carbocycles. The van der Waals surface area contributed by atoms with Crippen LogP contribution in [0.2, 0.25) is 5.02 Å². The number of aliphatic imine (C=N–C) groups is 1. The first kappa shape index (κ1) is 19.8. The van der Waals surface area contributed by atoms with Crippen molar-refractivity contribution in [2.45, 2.75) is 6.54 Å². The van der Waals surface area contributed by atoms with Crippen LogP contribution in [-0.4, -0.2) is 58.9 Å². The van der Waals surface area contributed by atoms with Crippen molar-refractivity contribution in [3.8, 4) is 0 Å². The Bertz CT molecular complexity index is 710. The van der Waals surface area contributed by atoms with Gasteiger partial charge < -0.3 is 15.1 Å². The molecule has 3 rings (SSSR count). The molecule has 1 N–H and O–H groups in total. The van der Waals surface area contributed by atoms with Crippen LogP contribution in [0.25, 0.3) is 0 Å². The maximum absolute atomic E-state index is 6.09. The van der Waals surface area contributed by atoms with Gasteiger partial charge in [-0.25, -0.2) is 4.98 Å². The molecule has 2 heterocycles. The molecule has 0 amide bonds. The van der Waals surface area contributed by atoms with Gasteiger partial charge in [0.25, 0.3) is 0 Å². The van der Waals surface area contributed by atoms with Gasteiger partial charge in [0, 0.05) is 51.0 Å². The highest BCUT2D eigenvalue weighted by molar-refractivity contribution is 14.0. The molecule has 0 spiro atoms. The monoisotopic (exact) mass is 475 g/mol. The van der Waals surface area contributed by atoms with Crippen LogP contribution in [-0.2, 0) is 13.6 Å². The lowest BCUT2D eigenvalue weighted by Gasteiger charge is -2.37. The number of halogens is 2. The molecule has 136 valence electrons. The first-order valence-corrected chi connectivity index (χ1v) is 8.34. The predicted octanol–water partition coefficient (Wildman–Crippen LogP) is 1.98. The molecule has 0 bridgehead atoms. The van der Waals surface area contributed by atoms with Gasteiger partial charge in [0.05, 0.1) is 6.54 Å². The van der Waals surface area contributed by atoms with E-state index in [1.165, 1.54) is 5.69 Å². The topological polar surface area (TPSA) is 61.6 Å². The van der Waals surface area contributed by atoms with Crippen molar-refractivity contribution in [3.63, 3.8) is 0 Å². The summed E-state index contributed by atoms with van der Waals surface area (Å²) in [5.41, 5.74) is 1.17. The first-order chi connectivity index (χ1) is 11.7. The van der Waals surface area contributed by atoms with Crippen molar-refractivity contribution in [2.75, 3.05) is 38.1 Å². The van der Waals surface area contributed by atoms with Crippen LogP contribution in [0.5, 0.6) is 0 Å². The lowest BCUT2D eigenvalue weighted by molar-refractivity contribution is 0.371. The normalized spacial score (nSPS) is 15.1. The fourth-order valence-electron chi connectivity index (χ4n) is 2.82. The molecule has 0 radical (unpaired) electrons. The minimum absolute atomic E-state index is 0. The van der Waals surface area contributed by atoms with E-state index in [9.17, 15) is 0 Å². The third-order valence-corrected chi connectivity index (χ3v) is 4.41. The van der Waals surface area contributed by atoms with E-state index in [-0.39, 0.29) is 24.0 Å². The average Bonchev–Trinajstić information content (AvgIpc) is 3.01. The first-order valence-electron chi connectivity index (χ1n) is 7.96. The maximum atomic E-state index is 6.09. The largest absolute Gasteiger partial charge is 0.368 e. The second-order valence-electron chi connectivity index (χ2n) is 5.65. The summed E-state index contributed by atoms with van der Waals surface area (Å²) in [7, 11) is 3.69. The number of rotatable bonds is 3. The van der Waals surface area contributed by atoms with Crippen LogP contribution < -0.4 is 10.2 Å². The van der Waals surface area contributed by atoms with Crippen LogP contribution in [0.15, 0.2) is 35.6 Å². The maximum Gasteiger partial charge on any atom is 0.194 e. The molecule has 1 aromatic heterocycles. The summed E-state index contributed by atoms with van der Waals surface area (Å²) in [6.45, 7) is 4.30. The number of aryl methyl sites for hydroxylation is 1. The molecular formula is C16H23ClIN7. The SMILES string of the molecule is CN=C(NCc1ncnn1C)N1CCN(c2cccc(Cl)c2)CC1.I. The van der Waals surface area contributed by atoms with Gasteiger partial charge in [-0.2, -0.15) is 5.10 Å². The Hall–Kier alpha value is -1.55. The number of nitrogens with one attached hydrogen (secondary N) is 1. The van der Waals surface area contributed by atoms with Crippen LogP contribution >= 0.6 is 35.6 Å². The number of hydrogen-bond acceptors (Lipinski definition) is 4. The van der Waals surface area contributed by atoms with Crippen molar-refractivity contribution < 1.29 is 0 Å². The fourth-order valence-corrected chi connectivity index (χ4v) is 3.00. The number of aromatic nitrogens is 3. The number of guanidine groups is 1. The van der Waals surface area contributed by atoms with E-state index in [4.69, 9.17) is 11.6 Å². The lowest BCUT2D eigenvalue weighted by Crippen LogP contribution is -2.52. The zero-order valence-corrected chi connectivity index (χ0v) is 17.5. The smallest absolute Gasteiger partial charge is 0.194 e. The van der Waals surface area contributed by atoms with Gasteiger partial charge in [0.1, 0.15) is 12.2 Å². The van der Waals surface area contributed by atoms with E-state index in [0.717, 1.165) is 43.0 Å². The van der Waals surface area contributed by atoms with Crippen molar-refractivity contribution in [1.82, 2.24) is 25.0 Å². The summed E-state index contributed by atoms with van der Waals surface area (Å²) in [5, 5.41) is 8.21.